The van der Waals surface area contributed by atoms with E-state index in [1.54, 1.807) is 0 Å². The summed E-state index contributed by atoms with van der Waals surface area (Å²) in [6.45, 7) is 4.24. The Balaban J connectivity index is 3.29. The number of hydrogen-bond donors (Lipinski definition) is 2. The molecule has 21 heavy (non-hydrogen) atoms. The number of esters is 1. The van der Waals surface area contributed by atoms with Gasteiger partial charge in [-0.25, -0.2) is 13.2 Å². The molecule has 0 saturated heterocycles. The zero-order valence-corrected chi connectivity index (χ0v) is 12.9. The van der Waals surface area contributed by atoms with Crippen molar-refractivity contribution in [1.29, 1.82) is 0 Å². The Kier molecular flexibility index (Phi) is 4.75. The van der Waals surface area contributed by atoms with E-state index in [1.807, 2.05) is 0 Å². The summed E-state index contributed by atoms with van der Waals surface area (Å²) in [5.41, 5.74) is -1.26. The van der Waals surface area contributed by atoms with E-state index in [0.717, 1.165) is 13.2 Å². The summed E-state index contributed by atoms with van der Waals surface area (Å²) in [7, 11) is -2.93. The summed E-state index contributed by atoms with van der Waals surface area (Å²) in [6.07, 6.45) is 0. The Morgan fingerprint density at radius 2 is 1.86 bits per heavy atom. The first-order valence-electron chi connectivity index (χ1n) is 5.97. The van der Waals surface area contributed by atoms with Gasteiger partial charge in [-0.15, -0.1) is 0 Å². The highest BCUT2D eigenvalue weighted by atomic mass is 32.2. The van der Waals surface area contributed by atoms with Crippen LogP contribution in [0.25, 0.3) is 0 Å². The van der Waals surface area contributed by atoms with Crippen molar-refractivity contribution in [2.45, 2.75) is 31.2 Å². The average molecular weight is 315 g/mol. The summed E-state index contributed by atoms with van der Waals surface area (Å²) in [5.74, 6) is -1.99. The molecule has 0 aliphatic rings. The van der Waals surface area contributed by atoms with Crippen LogP contribution in [0.1, 0.15) is 29.8 Å². The number of carboxylic acids is 1. The normalized spacial score (nSPS) is 12.0. The molecule has 116 valence electrons. The number of rotatable bonds is 5. The van der Waals surface area contributed by atoms with E-state index < -0.39 is 27.5 Å². The van der Waals surface area contributed by atoms with Crippen LogP contribution in [0.3, 0.4) is 0 Å². The predicted octanol–water partition coefficient (Wildman–Crippen LogP) is 0.923. The molecule has 1 aromatic rings. The van der Waals surface area contributed by atoms with Crippen LogP contribution < -0.4 is 4.72 Å². The molecule has 0 unspecified atom stereocenters. The number of carbonyl (C=O) groups excluding carboxylic acids is 1. The summed E-state index contributed by atoms with van der Waals surface area (Å²) < 4.78 is 31.4. The third-order valence-corrected chi connectivity index (χ3v) is 4.61. The number of hydrogen-bond acceptors (Lipinski definition) is 5. The van der Waals surface area contributed by atoms with Gasteiger partial charge in [0.15, 0.2) is 0 Å². The van der Waals surface area contributed by atoms with Crippen LogP contribution in [0.5, 0.6) is 0 Å². The van der Waals surface area contributed by atoms with Gasteiger partial charge in [-0.2, -0.15) is 4.72 Å². The maximum atomic E-state index is 12.4. The molecule has 0 heterocycles. The minimum absolute atomic E-state index is 0.156. The molecular formula is C13H17NO6S. The van der Waals surface area contributed by atoms with Crippen LogP contribution in [0.15, 0.2) is 23.1 Å². The standard InChI is InChI=1S/C13H17NO6S/c1-8-5-6-9(11(15)16)7-10(8)21(18,19)14-13(2,3)12(17)20-4/h5-7,14H,1-4H3,(H,15,16). The summed E-state index contributed by atoms with van der Waals surface area (Å²) >= 11 is 0. The second kappa shape index (κ2) is 5.82. The van der Waals surface area contributed by atoms with Crippen LogP contribution in [0.4, 0.5) is 0 Å². The fourth-order valence-corrected chi connectivity index (χ4v) is 3.35. The third kappa shape index (κ3) is 3.79. The van der Waals surface area contributed by atoms with E-state index in [-0.39, 0.29) is 10.5 Å². The molecule has 0 radical (unpaired) electrons. The number of aryl methyl sites for hydroxylation is 1. The van der Waals surface area contributed by atoms with Crippen molar-refractivity contribution in [1.82, 2.24) is 4.72 Å². The van der Waals surface area contributed by atoms with Gasteiger partial charge < -0.3 is 9.84 Å². The van der Waals surface area contributed by atoms with E-state index >= 15 is 0 Å². The molecule has 1 aromatic carbocycles. The summed E-state index contributed by atoms with van der Waals surface area (Å²) in [4.78, 5) is 22.3. The monoisotopic (exact) mass is 315 g/mol. The van der Waals surface area contributed by atoms with Gasteiger partial charge in [-0.3, -0.25) is 4.79 Å². The summed E-state index contributed by atoms with van der Waals surface area (Å²) in [6, 6.07) is 3.75. The molecule has 8 heteroatoms. The van der Waals surface area contributed by atoms with Crippen LogP contribution >= 0.6 is 0 Å². The second-order valence-electron chi connectivity index (χ2n) is 5.01. The van der Waals surface area contributed by atoms with Crippen molar-refractivity contribution >= 4 is 22.0 Å². The Labute approximate surface area is 123 Å². The lowest BCUT2D eigenvalue weighted by atomic mass is 10.1. The van der Waals surface area contributed by atoms with Gasteiger partial charge in [0.1, 0.15) is 5.54 Å². The molecule has 0 fully saturated rings. The van der Waals surface area contributed by atoms with Gasteiger partial charge in [0.05, 0.1) is 17.6 Å². The van der Waals surface area contributed by atoms with Gasteiger partial charge in [0.2, 0.25) is 10.0 Å². The van der Waals surface area contributed by atoms with Gasteiger partial charge in [0.25, 0.3) is 0 Å². The number of nitrogens with one attached hydrogen (secondary N) is 1. The molecule has 0 bridgehead atoms. The molecule has 0 spiro atoms. The Bertz CT molecular complexity index is 678. The smallest absolute Gasteiger partial charge is 0.335 e. The molecule has 0 aliphatic heterocycles. The largest absolute Gasteiger partial charge is 0.478 e. The predicted molar refractivity (Wildman–Crippen MR) is 74.6 cm³/mol. The zero-order chi connectivity index (χ0) is 16.4. The van der Waals surface area contributed by atoms with Crippen LogP contribution in [0.2, 0.25) is 0 Å². The number of ether oxygens (including phenoxy) is 1. The lowest BCUT2D eigenvalue weighted by Crippen LogP contribution is -2.50. The number of carbonyl (C=O) groups is 2. The van der Waals surface area contributed by atoms with E-state index in [0.29, 0.717) is 5.56 Å². The van der Waals surface area contributed by atoms with Gasteiger partial charge >= 0.3 is 11.9 Å². The van der Waals surface area contributed by atoms with E-state index in [9.17, 15) is 18.0 Å². The van der Waals surface area contributed by atoms with Crippen LogP contribution in [0, 0.1) is 6.92 Å². The first kappa shape index (κ1) is 17.1. The average Bonchev–Trinajstić information content (AvgIpc) is 2.36. The number of methoxy groups -OCH3 is 1. The van der Waals surface area contributed by atoms with Crippen molar-refractivity contribution in [3.05, 3.63) is 29.3 Å². The minimum atomic E-state index is -4.07. The lowest BCUT2D eigenvalue weighted by Gasteiger charge is -2.23. The molecule has 0 aliphatic carbocycles. The number of aromatic carboxylic acids is 1. The highest BCUT2D eigenvalue weighted by molar-refractivity contribution is 7.89. The molecule has 0 amide bonds. The maximum Gasteiger partial charge on any atom is 0.335 e. The van der Waals surface area contributed by atoms with Crippen molar-refractivity contribution in [2.24, 2.45) is 0 Å². The second-order valence-corrected chi connectivity index (χ2v) is 6.66. The fourth-order valence-electron chi connectivity index (χ4n) is 1.71. The molecule has 0 aromatic heterocycles. The number of carboxylic acid groups (broad SMARTS) is 1. The van der Waals surface area contributed by atoms with Gasteiger partial charge in [0, 0.05) is 0 Å². The molecule has 7 nitrogen and oxygen atoms in total. The van der Waals surface area contributed by atoms with Crippen molar-refractivity contribution in [3.8, 4) is 0 Å². The zero-order valence-electron chi connectivity index (χ0n) is 12.1. The Morgan fingerprint density at radius 3 is 2.33 bits per heavy atom. The van der Waals surface area contributed by atoms with Gasteiger partial charge in [-0.1, -0.05) is 6.07 Å². The summed E-state index contributed by atoms with van der Waals surface area (Å²) in [5, 5.41) is 8.94. The Hall–Kier alpha value is -1.93. The first-order chi connectivity index (χ1) is 9.51. The quantitative estimate of drug-likeness (QED) is 0.782. The fraction of sp³-hybridized carbons (Fsp3) is 0.385. The molecule has 0 atom stereocenters. The van der Waals surface area contributed by atoms with Crippen LogP contribution in [-0.2, 0) is 19.6 Å². The maximum absolute atomic E-state index is 12.4. The van der Waals surface area contributed by atoms with E-state index in [2.05, 4.69) is 9.46 Å². The van der Waals surface area contributed by atoms with Crippen LogP contribution in [-0.4, -0.2) is 38.1 Å². The molecular weight excluding hydrogens is 298 g/mol. The van der Waals surface area contributed by atoms with E-state index in [4.69, 9.17) is 5.11 Å². The minimum Gasteiger partial charge on any atom is -0.478 e. The highest BCUT2D eigenvalue weighted by Crippen LogP contribution is 2.19. The first-order valence-corrected chi connectivity index (χ1v) is 7.46. The number of benzene rings is 1. The highest BCUT2D eigenvalue weighted by Gasteiger charge is 2.35. The van der Waals surface area contributed by atoms with Crippen molar-refractivity contribution in [3.63, 3.8) is 0 Å². The Morgan fingerprint density at radius 1 is 1.29 bits per heavy atom. The molecule has 1 rings (SSSR count). The van der Waals surface area contributed by atoms with Gasteiger partial charge in [-0.05, 0) is 38.5 Å². The lowest BCUT2D eigenvalue weighted by molar-refractivity contribution is -0.146. The SMILES string of the molecule is COC(=O)C(C)(C)NS(=O)(=O)c1cc(C(=O)O)ccc1C. The van der Waals surface area contributed by atoms with E-state index in [1.165, 1.54) is 32.9 Å². The van der Waals surface area contributed by atoms with Crippen molar-refractivity contribution < 1.29 is 27.9 Å². The topological polar surface area (TPSA) is 110 Å². The number of sulfonamides is 1. The van der Waals surface area contributed by atoms with Crippen molar-refractivity contribution in [2.75, 3.05) is 7.11 Å². The third-order valence-electron chi connectivity index (χ3n) is 2.81. The molecule has 0 saturated carbocycles. The molecule has 2 N–H and O–H groups in total.